The van der Waals surface area contributed by atoms with Gasteiger partial charge in [-0.1, -0.05) is 0 Å². The number of aryl methyl sites for hydroxylation is 1. The van der Waals surface area contributed by atoms with E-state index in [1.54, 1.807) is 16.7 Å². The number of benzene rings is 1. The molecule has 0 aliphatic heterocycles. The van der Waals surface area contributed by atoms with Gasteiger partial charge in [0, 0.05) is 0 Å². The van der Waals surface area contributed by atoms with Gasteiger partial charge in [0.05, 0.1) is 0 Å². The molecule has 0 saturated heterocycles. The fourth-order valence-corrected chi connectivity index (χ4v) is 12.4. The zero-order valence-corrected chi connectivity index (χ0v) is 28.8. The van der Waals surface area contributed by atoms with E-state index in [2.05, 4.69) is 53.8 Å². The third-order valence-corrected chi connectivity index (χ3v) is 15.5. The van der Waals surface area contributed by atoms with Gasteiger partial charge in [0.15, 0.2) is 0 Å². The Morgan fingerprint density at radius 3 is 1.89 bits per heavy atom. The van der Waals surface area contributed by atoms with Crippen LogP contribution >= 0.6 is 0 Å². The minimum atomic E-state index is -2.36. The van der Waals surface area contributed by atoms with Crippen molar-refractivity contribution >= 4 is 39.7 Å². The van der Waals surface area contributed by atoms with Crippen LogP contribution in [0.15, 0.2) is 18.2 Å². The molecule has 1 aromatic carbocycles. The predicted molar refractivity (Wildman–Crippen MR) is 174 cm³/mol. The van der Waals surface area contributed by atoms with E-state index in [9.17, 15) is 0 Å². The number of allylic oxidation sites excluding steroid dienone is 2. The Morgan fingerprint density at radius 2 is 1.38 bits per heavy atom. The second kappa shape index (κ2) is 16.2. The average Bonchev–Trinajstić information content (AvgIpc) is 2.90. The van der Waals surface area contributed by atoms with E-state index in [4.69, 9.17) is 0 Å². The van der Waals surface area contributed by atoms with Gasteiger partial charge in [0.1, 0.15) is 0 Å². The Balaban J connectivity index is 2.18. The molecule has 2 aliphatic carbocycles. The summed E-state index contributed by atoms with van der Waals surface area (Å²) in [5, 5.41) is 0. The molecule has 3 rings (SSSR count). The van der Waals surface area contributed by atoms with E-state index < -0.39 is 18.4 Å². The monoisotopic (exact) mass is 612 g/mol. The van der Waals surface area contributed by atoms with Gasteiger partial charge >= 0.3 is 238 Å². The summed E-state index contributed by atoms with van der Waals surface area (Å²) in [4.78, 5) is 8.11. The van der Waals surface area contributed by atoms with Gasteiger partial charge in [0.25, 0.3) is 0 Å². The molecule has 2 aliphatic rings. The summed E-state index contributed by atoms with van der Waals surface area (Å²) in [5.41, 5.74) is 6.96. The first-order valence-corrected chi connectivity index (χ1v) is 26.8. The van der Waals surface area contributed by atoms with Crippen molar-refractivity contribution in [3.05, 3.63) is 29.3 Å². The maximum absolute atomic E-state index is 2.86. The first-order chi connectivity index (χ1) is 17.9. The molecule has 2 saturated carbocycles. The standard InChI is InChI=1S/C32H52B.3CH3.Sn/c1-4-7-12-19-28-26-31(24-25-32(28)27(17-8-5-2)18-9-6-3)33(29-20-13-10-14-21-29)30-22-15-11-16-23-30;;;;/h17,25-26,29-30H,4-16,18-23H2,1-3H3;3*1H3;/b27-17+;;;;. The summed E-state index contributed by atoms with van der Waals surface area (Å²) in [6.45, 7) is 7.90. The molecule has 0 bridgehead atoms. The summed E-state index contributed by atoms with van der Waals surface area (Å²) >= 11 is -2.36. The summed E-state index contributed by atoms with van der Waals surface area (Å²) in [6, 6.07) is 5.70. The van der Waals surface area contributed by atoms with Crippen LogP contribution in [0.3, 0.4) is 0 Å². The second-order valence-electron chi connectivity index (χ2n) is 13.7. The van der Waals surface area contributed by atoms with Crippen molar-refractivity contribution in [3.63, 3.8) is 0 Å². The topological polar surface area (TPSA) is 0 Å². The quantitative estimate of drug-likeness (QED) is 0.145. The van der Waals surface area contributed by atoms with E-state index in [-0.39, 0.29) is 0 Å². The molecule has 1 aromatic rings. The molecule has 0 radical (unpaired) electrons. The molecule has 0 N–H and O–H groups in total. The molecule has 37 heavy (non-hydrogen) atoms. The summed E-state index contributed by atoms with van der Waals surface area (Å²) < 4.78 is 1.89. The number of hydrogen-bond donors (Lipinski definition) is 0. The average molecular weight is 611 g/mol. The van der Waals surface area contributed by atoms with Crippen LogP contribution in [0.25, 0.3) is 5.57 Å². The fourth-order valence-electron chi connectivity index (χ4n) is 7.57. The van der Waals surface area contributed by atoms with E-state index in [0.29, 0.717) is 0 Å². The van der Waals surface area contributed by atoms with Crippen molar-refractivity contribution in [2.75, 3.05) is 0 Å². The van der Waals surface area contributed by atoms with Crippen molar-refractivity contribution in [1.82, 2.24) is 0 Å². The van der Waals surface area contributed by atoms with Gasteiger partial charge in [-0.05, 0) is 0 Å². The van der Waals surface area contributed by atoms with Crippen LogP contribution in [0.2, 0.25) is 26.5 Å². The molecular formula is C35H61BSn. The molecule has 2 heteroatoms. The zero-order valence-electron chi connectivity index (χ0n) is 25.9. The molecule has 0 aromatic heterocycles. The summed E-state index contributed by atoms with van der Waals surface area (Å²) in [5.74, 6) is 1.88. The molecule has 2 fully saturated rings. The molecule has 208 valence electrons. The molecule has 0 spiro atoms. The SMILES string of the molecule is CCC/C=C(\CCCC)c1c[c]([Sn]([CH3])([CH3])[CH3])c(B(C2CCCCC2)C2CCCCC2)cc1CCCCC. The van der Waals surface area contributed by atoms with Crippen molar-refractivity contribution in [1.29, 1.82) is 0 Å². The van der Waals surface area contributed by atoms with Gasteiger partial charge in [-0.15, -0.1) is 0 Å². The van der Waals surface area contributed by atoms with Crippen LogP contribution in [0, 0.1) is 0 Å². The van der Waals surface area contributed by atoms with Gasteiger partial charge in [-0.3, -0.25) is 0 Å². The number of unbranched alkanes of at least 4 members (excludes halogenated alkanes) is 4. The van der Waals surface area contributed by atoms with E-state index >= 15 is 0 Å². The summed E-state index contributed by atoms with van der Waals surface area (Å²) in [7, 11) is 0. The van der Waals surface area contributed by atoms with Gasteiger partial charge in [-0.25, -0.2) is 0 Å². The predicted octanol–water partition coefficient (Wildman–Crippen LogP) is 10.7. The third kappa shape index (κ3) is 9.18. The number of rotatable bonds is 14. The fraction of sp³-hybridized carbons (Fsp3) is 0.771. The molecule has 0 heterocycles. The van der Waals surface area contributed by atoms with Crippen LogP contribution in [0.5, 0.6) is 0 Å². The van der Waals surface area contributed by atoms with E-state index in [1.165, 1.54) is 122 Å². The Morgan fingerprint density at radius 1 is 0.784 bits per heavy atom. The van der Waals surface area contributed by atoms with Crippen molar-refractivity contribution in [3.8, 4) is 0 Å². The van der Waals surface area contributed by atoms with Gasteiger partial charge in [0.2, 0.25) is 0 Å². The zero-order chi connectivity index (χ0) is 26.7. The van der Waals surface area contributed by atoms with Crippen LogP contribution in [0.1, 0.15) is 147 Å². The molecule has 0 atom stereocenters. The molecular weight excluding hydrogens is 550 g/mol. The Kier molecular flexibility index (Phi) is 13.7. The Bertz CT molecular complexity index is 802. The normalized spacial score (nSPS) is 18.4. The maximum atomic E-state index is 2.86. The van der Waals surface area contributed by atoms with Crippen molar-refractivity contribution in [2.24, 2.45) is 0 Å². The van der Waals surface area contributed by atoms with Crippen LogP contribution < -0.4 is 9.04 Å². The van der Waals surface area contributed by atoms with Crippen molar-refractivity contribution < 1.29 is 0 Å². The van der Waals surface area contributed by atoms with Gasteiger partial charge in [-0.2, -0.15) is 0 Å². The first kappa shape index (κ1) is 31.4. The third-order valence-electron chi connectivity index (χ3n) is 9.63. The summed E-state index contributed by atoms with van der Waals surface area (Å²) in [6.07, 6.45) is 29.2. The molecule has 0 unspecified atom stereocenters. The van der Waals surface area contributed by atoms with E-state index in [1.807, 2.05) is 9.04 Å². The van der Waals surface area contributed by atoms with Gasteiger partial charge < -0.3 is 0 Å². The van der Waals surface area contributed by atoms with Crippen LogP contribution in [0.4, 0.5) is 0 Å². The van der Waals surface area contributed by atoms with E-state index in [0.717, 1.165) is 18.3 Å². The Labute approximate surface area is 237 Å². The van der Waals surface area contributed by atoms with Crippen molar-refractivity contribution in [2.45, 2.75) is 169 Å². The second-order valence-corrected chi connectivity index (χ2v) is 28.1. The first-order valence-electron chi connectivity index (χ1n) is 16.8. The Hall–Kier alpha value is -0.176. The van der Waals surface area contributed by atoms with Crippen LogP contribution in [-0.4, -0.2) is 25.1 Å². The molecule has 0 amide bonds. The number of hydrogen-bond acceptors (Lipinski definition) is 0. The minimum absolute atomic E-state index is 0.837. The van der Waals surface area contributed by atoms with Crippen LogP contribution in [-0.2, 0) is 6.42 Å². The molecule has 0 nitrogen and oxygen atoms in total.